The van der Waals surface area contributed by atoms with Gasteiger partial charge in [0.25, 0.3) is 0 Å². The van der Waals surface area contributed by atoms with Crippen LogP contribution in [0.3, 0.4) is 0 Å². The van der Waals surface area contributed by atoms with E-state index in [1.807, 2.05) is 31.3 Å². The number of nitrogens with one attached hydrogen (secondary N) is 2. The lowest BCUT2D eigenvalue weighted by Crippen LogP contribution is -2.24. The number of carbonyl (C=O) groups excluding carboxylic acids is 1. The van der Waals surface area contributed by atoms with E-state index >= 15 is 0 Å². The molecule has 0 heterocycles. The molecule has 0 spiro atoms. The van der Waals surface area contributed by atoms with E-state index in [0.717, 1.165) is 24.2 Å². The Morgan fingerprint density at radius 2 is 1.65 bits per heavy atom. The normalized spacial score (nSPS) is 16.5. The van der Waals surface area contributed by atoms with Gasteiger partial charge in [-0.15, -0.1) is 0 Å². The minimum absolute atomic E-state index is 0.182. The quantitative estimate of drug-likeness (QED) is 0.840. The molecule has 0 bridgehead atoms. The Balaban J connectivity index is 1.92. The van der Waals surface area contributed by atoms with Crippen LogP contribution >= 0.6 is 0 Å². The lowest BCUT2D eigenvalue weighted by molar-refractivity contribution is -0.120. The van der Waals surface area contributed by atoms with Gasteiger partial charge in [0.05, 0.1) is 0 Å². The highest BCUT2D eigenvalue weighted by atomic mass is 16.1. The van der Waals surface area contributed by atoms with Crippen molar-refractivity contribution in [3.05, 3.63) is 24.3 Å². The maximum Gasteiger partial charge on any atom is 0.227 e. The zero-order valence-corrected chi connectivity index (χ0v) is 10.3. The molecular formula is C14H20N2O. The van der Waals surface area contributed by atoms with Crippen LogP contribution in [-0.4, -0.2) is 13.0 Å². The maximum absolute atomic E-state index is 12.0. The summed E-state index contributed by atoms with van der Waals surface area (Å²) in [5.74, 6) is 0.398. The van der Waals surface area contributed by atoms with Gasteiger partial charge in [-0.05, 0) is 37.1 Å². The number of carbonyl (C=O) groups is 1. The first-order valence-electron chi connectivity index (χ1n) is 6.38. The highest BCUT2D eigenvalue weighted by Crippen LogP contribution is 2.25. The standard InChI is InChI=1S/C14H20N2O/c1-15-12-7-9-13(10-8-12)16-14(17)11-5-3-2-4-6-11/h7-11,15H,2-6H2,1H3,(H,16,17). The number of benzene rings is 1. The zero-order chi connectivity index (χ0) is 12.1. The Morgan fingerprint density at radius 3 is 2.24 bits per heavy atom. The summed E-state index contributed by atoms with van der Waals surface area (Å²) in [4.78, 5) is 12.0. The zero-order valence-electron chi connectivity index (χ0n) is 10.3. The van der Waals surface area contributed by atoms with Gasteiger partial charge in [0.1, 0.15) is 0 Å². The van der Waals surface area contributed by atoms with Crippen LogP contribution in [0.1, 0.15) is 32.1 Å². The van der Waals surface area contributed by atoms with Gasteiger partial charge in [-0.3, -0.25) is 4.79 Å². The van der Waals surface area contributed by atoms with Gasteiger partial charge in [0.15, 0.2) is 0 Å². The van der Waals surface area contributed by atoms with Crippen LogP contribution in [0.4, 0.5) is 11.4 Å². The summed E-state index contributed by atoms with van der Waals surface area (Å²) in [7, 11) is 1.88. The fourth-order valence-corrected chi connectivity index (χ4v) is 2.33. The van der Waals surface area contributed by atoms with Crippen LogP contribution in [0.5, 0.6) is 0 Å². The first kappa shape index (κ1) is 12.0. The molecule has 0 aliphatic heterocycles. The third-order valence-electron chi connectivity index (χ3n) is 3.42. The van der Waals surface area contributed by atoms with Gasteiger partial charge in [-0.25, -0.2) is 0 Å². The van der Waals surface area contributed by atoms with Gasteiger partial charge >= 0.3 is 0 Å². The lowest BCUT2D eigenvalue weighted by atomic mass is 9.88. The Morgan fingerprint density at radius 1 is 1.06 bits per heavy atom. The molecule has 1 saturated carbocycles. The Labute approximate surface area is 103 Å². The van der Waals surface area contributed by atoms with E-state index in [2.05, 4.69) is 10.6 Å². The van der Waals surface area contributed by atoms with Crippen LogP contribution < -0.4 is 10.6 Å². The molecule has 1 aromatic rings. The molecule has 0 unspecified atom stereocenters. The highest BCUT2D eigenvalue weighted by Gasteiger charge is 2.20. The van der Waals surface area contributed by atoms with Gasteiger partial charge in [0, 0.05) is 24.3 Å². The van der Waals surface area contributed by atoms with E-state index < -0.39 is 0 Å². The van der Waals surface area contributed by atoms with Crippen molar-refractivity contribution in [1.29, 1.82) is 0 Å². The largest absolute Gasteiger partial charge is 0.388 e. The minimum Gasteiger partial charge on any atom is -0.388 e. The molecule has 1 fully saturated rings. The summed E-state index contributed by atoms with van der Waals surface area (Å²) in [6, 6.07) is 7.81. The molecule has 1 aliphatic rings. The molecule has 3 heteroatoms. The van der Waals surface area contributed by atoms with E-state index in [-0.39, 0.29) is 11.8 Å². The summed E-state index contributed by atoms with van der Waals surface area (Å²) < 4.78 is 0. The molecule has 2 N–H and O–H groups in total. The second-order valence-electron chi connectivity index (χ2n) is 4.65. The van der Waals surface area contributed by atoms with Crippen LogP contribution in [0, 0.1) is 5.92 Å². The summed E-state index contributed by atoms with van der Waals surface area (Å²) in [5.41, 5.74) is 1.94. The van der Waals surface area contributed by atoms with Crippen LogP contribution in [0.15, 0.2) is 24.3 Å². The van der Waals surface area contributed by atoms with Crippen molar-refractivity contribution < 1.29 is 4.79 Å². The van der Waals surface area contributed by atoms with E-state index in [1.165, 1.54) is 19.3 Å². The second kappa shape index (κ2) is 5.71. The highest BCUT2D eigenvalue weighted by molar-refractivity contribution is 5.92. The SMILES string of the molecule is CNc1ccc(NC(=O)C2CCCCC2)cc1. The van der Waals surface area contributed by atoms with E-state index in [9.17, 15) is 4.79 Å². The molecule has 1 amide bonds. The maximum atomic E-state index is 12.0. The number of rotatable bonds is 3. The van der Waals surface area contributed by atoms with E-state index in [0.29, 0.717) is 0 Å². The fourth-order valence-electron chi connectivity index (χ4n) is 2.33. The predicted molar refractivity (Wildman–Crippen MR) is 71.2 cm³/mol. The predicted octanol–water partition coefficient (Wildman–Crippen LogP) is 3.25. The van der Waals surface area contributed by atoms with Gasteiger partial charge in [0.2, 0.25) is 5.91 Å². The first-order chi connectivity index (χ1) is 8.29. The molecule has 92 valence electrons. The van der Waals surface area contributed by atoms with E-state index in [1.54, 1.807) is 0 Å². The van der Waals surface area contributed by atoms with Crippen molar-refractivity contribution >= 4 is 17.3 Å². The third kappa shape index (κ3) is 3.22. The molecule has 0 radical (unpaired) electrons. The number of anilines is 2. The molecule has 17 heavy (non-hydrogen) atoms. The molecule has 1 aromatic carbocycles. The van der Waals surface area contributed by atoms with Crippen molar-refractivity contribution in [2.24, 2.45) is 5.92 Å². The van der Waals surface area contributed by atoms with Crippen molar-refractivity contribution in [2.75, 3.05) is 17.7 Å². The van der Waals surface area contributed by atoms with Crippen LogP contribution in [0.2, 0.25) is 0 Å². The molecule has 3 nitrogen and oxygen atoms in total. The van der Waals surface area contributed by atoms with Crippen molar-refractivity contribution in [1.82, 2.24) is 0 Å². The number of hydrogen-bond donors (Lipinski definition) is 2. The van der Waals surface area contributed by atoms with Crippen molar-refractivity contribution in [3.63, 3.8) is 0 Å². The molecule has 0 atom stereocenters. The average molecular weight is 232 g/mol. The monoisotopic (exact) mass is 232 g/mol. The Kier molecular flexibility index (Phi) is 4.02. The van der Waals surface area contributed by atoms with Crippen LogP contribution in [-0.2, 0) is 4.79 Å². The van der Waals surface area contributed by atoms with E-state index in [4.69, 9.17) is 0 Å². The summed E-state index contributed by atoms with van der Waals surface area (Å²) in [6.07, 6.45) is 5.75. The molecule has 0 saturated heterocycles. The smallest absolute Gasteiger partial charge is 0.227 e. The summed E-state index contributed by atoms with van der Waals surface area (Å²) in [5, 5.41) is 6.05. The number of hydrogen-bond acceptors (Lipinski definition) is 2. The lowest BCUT2D eigenvalue weighted by Gasteiger charge is -2.20. The molecular weight excluding hydrogens is 212 g/mol. The molecule has 0 aromatic heterocycles. The van der Waals surface area contributed by atoms with Gasteiger partial charge < -0.3 is 10.6 Å². The topological polar surface area (TPSA) is 41.1 Å². The third-order valence-corrected chi connectivity index (χ3v) is 3.42. The Hall–Kier alpha value is -1.51. The molecule has 2 rings (SSSR count). The van der Waals surface area contributed by atoms with Crippen LogP contribution in [0.25, 0.3) is 0 Å². The van der Waals surface area contributed by atoms with Gasteiger partial charge in [-0.1, -0.05) is 19.3 Å². The summed E-state index contributed by atoms with van der Waals surface area (Å²) in [6.45, 7) is 0. The second-order valence-corrected chi connectivity index (χ2v) is 4.65. The van der Waals surface area contributed by atoms with Gasteiger partial charge in [-0.2, -0.15) is 0 Å². The minimum atomic E-state index is 0.182. The Bertz CT molecular complexity index is 366. The van der Waals surface area contributed by atoms with Crippen molar-refractivity contribution in [2.45, 2.75) is 32.1 Å². The number of amides is 1. The summed E-state index contributed by atoms with van der Waals surface area (Å²) >= 11 is 0. The average Bonchev–Trinajstić information content (AvgIpc) is 2.40. The fraction of sp³-hybridized carbons (Fsp3) is 0.500. The molecule has 1 aliphatic carbocycles. The first-order valence-corrected chi connectivity index (χ1v) is 6.38. The van der Waals surface area contributed by atoms with Crippen molar-refractivity contribution in [3.8, 4) is 0 Å².